The van der Waals surface area contributed by atoms with E-state index in [1.807, 2.05) is 0 Å². The van der Waals surface area contributed by atoms with Crippen LogP contribution < -0.4 is 0 Å². The van der Waals surface area contributed by atoms with Crippen LogP contribution >= 0.6 is 0 Å². The Morgan fingerprint density at radius 1 is 0.889 bits per heavy atom. The van der Waals surface area contributed by atoms with Gasteiger partial charge in [-0.05, 0) is 37.5 Å². The second-order valence-corrected chi connectivity index (χ2v) is 8.16. The van der Waals surface area contributed by atoms with Crippen molar-refractivity contribution in [1.82, 2.24) is 0 Å². The topological polar surface area (TPSA) is 74.6 Å². The summed E-state index contributed by atoms with van der Waals surface area (Å²) in [5.41, 5.74) is 0. The number of allylic oxidation sites excluding steroid dienone is 2. The molecule has 4 nitrogen and oxygen atoms in total. The summed E-state index contributed by atoms with van der Waals surface area (Å²) in [6.45, 7) is 2.17. The number of carbonyl (C=O) groups excluding carboxylic acids is 1. The Kier molecular flexibility index (Phi) is 13.1. The standard InChI is InChI=1S/C23H40O4/c1-2-3-4-8-11-19-14-15-20(22(18-19)23(26)27)12-9-6-5-7-10-13-21(25)16-17-24/h14-15,19-20,22,24H,2-13,16-18H2,1H3,(H,26,27). The minimum absolute atomic E-state index is 0.0436. The zero-order valence-corrected chi connectivity index (χ0v) is 17.2. The molecule has 3 atom stereocenters. The van der Waals surface area contributed by atoms with Crippen LogP contribution in [0.15, 0.2) is 12.2 Å². The quantitative estimate of drug-likeness (QED) is 0.273. The molecule has 27 heavy (non-hydrogen) atoms. The van der Waals surface area contributed by atoms with Gasteiger partial charge >= 0.3 is 5.97 Å². The third-order valence-corrected chi connectivity index (χ3v) is 5.83. The number of aliphatic hydroxyl groups is 1. The van der Waals surface area contributed by atoms with Gasteiger partial charge in [0.25, 0.3) is 0 Å². The molecule has 0 saturated heterocycles. The number of carboxylic acids is 1. The fraction of sp³-hybridized carbons (Fsp3) is 0.826. The summed E-state index contributed by atoms with van der Waals surface area (Å²) in [5.74, 6) is -0.0813. The SMILES string of the molecule is CCCCCCC1C=CC(CCCCCCCC(=O)CCO)C(C(=O)O)C1. The third kappa shape index (κ3) is 10.7. The lowest BCUT2D eigenvalue weighted by Crippen LogP contribution is -2.28. The normalized spacial score (nSPS) is 22.1. The number of ketones is 1. The minimum Gasteiger partial charge on any atom is -0.481 e. The predicted molar refractivity (Wildman–Crippen MR) is 110 cm³/mol. The maximum absolute atomic E-state index is 11.7. The lowest BCUT2D eigenvalue weighted by molar-refractivity contribution is -0.144. The molecule has 3 unspecified atom stereocenters. The summed E-state index contributed by atoms with van der Waals surface area (Å²) in [6.07, 6.45) is 18.4. The molecule has 0 amide bonds. The monoisotopic (exact) mass is 380 g/mol. The van der Waals surface area contributed by atoms with Gasteiger partial charge in [-0.15, -0.1) is 0 Å². The zero-order valence-electron chi connectivity index (χ0n) is 17.2. The number of aliphatic carboxylic acids is 1. The molecule has 2 N–H and O–H groups in total. The van der Waals surface area contributed by atoms with Crippen LogP contribution in [0, 0.1) is 17.8 Å². The van der Waals surface area contributed by atoms with E-state index >= 15 is 0 Å². The van der Waals surface area contributed by atoms with E-state index in [1.54, 1.807) is 0 Å². The number of hydrogen-bond acceptors (Lipinski definition) is 3. The summed E-state index contributed by atoms with van der Waals surface area (Å²) < 4.78 is 0. The minimum atomic E-state index is -0.634. The first-order valence-corrected chi connectivity index (χ1v) is 11.1. The first kappa shape index (κ1) is 23.9. The molecule has 0 aromatic rings. The van der Waals surface area contributed by atoms with Crippen molar-refractivity contribution in [2.24, 2.45) is 17.8 Å². The van der Waals surface area contributed by atoms with E-state index in [0.29, 0.717) is 12.3 Å². The van der Waals surface area contributed by atoms with Gasteiger partial charge in [0, 0.05) is 19.4 Å². The highest BCUT2D eigenvalue weighted by atomic mass is 16.4. The molecule has 0 aromatic carbocycles. The van der Waals surface area contributed by atoms with Crippen LogP contribution in [-0.2, 0) is 9.59 Å². The van der Waals surface area contributed by atoms with Gasteiger partial charge in [0.2, 0.25) is 0 Å². The van der Waals surface area contributed by atoms with E-state index in [4.69, 9.17) is 5.11 Å². The summed E-state index contributed by atoms with van der Waals surface area (Å²) in [5, 5.41) is 18.3. The van der Waals surface area contributed by atoms with Crippen LogP contribution in [0.2, 0.25) is 0 Å². The van der Waals surface area contributed by atoms with Crippen molar-refractivity contribution in [3.8, 4) is 0 Å². The molecule has 0 aliphatic heterocycles. The number of carbonyl (C=O) groups is 2. The van der Waals surface area contributed by atoms with Gasteiger partial charge in [-0.3, -0.25) is 9.59 Å². The third-order valence-electron chi connectivity index (χ3n) is 5.83. The van der Waals surface area contributed by atoms with Crippen molar-refractivity contribution >= 4 is 11.8 Å². The largest absolute Gasteiger partial charge is 0.481 e. The van der Waals surface area contributed by atoms with Gasteiger partial charge in [-0.25, -0.2) is 0 Å². The summed E-state index contributed by atoms with van der Waals surface area (Å²) in [4.78, 5) is 23.0. The van der Waals surface area contributed by atoms with Crippen LogP contribution in [0.3, 0.4) is 0 Å². The van der Waals surface area contributed by atoms with Crippen LogP contribution in [0.1, 0.15) is 96.8 Å². The van der Waals surface area contributed by atoms with Gasteiger partial charge < -0.3 is 10.2 Å². The molecule has 0 radical (unpaired) electrons. The number of carboxylic acid groups (broad SMARTS) is 1. The van der Waals surface area contributed by atoms with Crippen LogP contribution in [-0.4, -0.2) is 28.6 Å². The second-order valence-electron chi connectivity index (χ2n) is 8.16. The fourth-order valence-electron chi connectivity index (χ4n) is 4.12. The van der Waals surface area contributed by atoms with E-state index in [0.717, 1.165) is 51.4 Å². The fourth-order valence-corrected chi connectivity index (χ4v) is 4.12. The molecular formula is C23H40O4. The molecule has 0 saturated carbocycles. The molecule has 1 rings (SSSR count). The molecule has 1 aliphatic carbocycles. The van der Waals surface area contributed by atoms with E-state index in [2.05, 4.69) is 19.1 Å². The lowest BCUT2D eigenvalue weighted by Gasteiger charge is -2.29. The Balaban J connectivity index is 2.22. The Hall–Kier alpha value is -1.16. The second kappa shape index (κ2) is 14.8. The highest BCUT2D eigenvalue weighted by Gasteiger charge is 2.31. The maximum atomic E-state index is 11.7. The van der Waals surface area contributed by atoms with E-state index in [1.165, 1.54) is 25.7 Å². The van der Waals surface area contributed by atoms with Crippen molar-refractivity contribution in [3.05, 3.63) is 12.2 Å². The number of Topliss-reactive ketones (excluding diaryl/α,β-unsaturated/α-hetero) is 1. The molecule has 156 valence electrons. The van der Waals surface area contributed by atoms with Gasteiger partial charge in [-0.1, -0.05) is 70.4 Å². The number of unbranched alkanes of at least 4 members (excludes halogenated alkanes) is 7. The highest BCUT2D eigenvalue weighted by Crippen LogP contribution is 2.34. The number of rotatable bonds is 16. The van der Waals surface area contributed by atoms with Gasteiger partial charge in [0.1, 0.15) is 5.78 Å². The van der Waals surface area contributed by atoms with Crippen LogP contribution in [0.4, 0.5) is 0 Å². The van der Waals surface area contributed by atoms with Crippen molar-refractivity contribution in [2.45, 2.75) is 96.8 Å². The average molecular weight is 381 g/mol. The Labute approximate surface area is 165 Å². The zero-order chi connectivity index (χ0) is 19.9. The predicted octanol–water partition coefficient (Wildman–Crippen LogP) is 5.53. The first-order valence-electron chi connectivity index (χ1n) is 11.1. The average Bonchev–Trinajstić information content (AvgIpc) is 2.65. The number of aliphatic hydroxyl groups excluding tert-OH is 1. The highest BCUT2D eigenvalue weighted by molar-refractivity contribution is 5.78. The summed E-state index contributed by atoms with van der Waals surface area (Å²) in [6, 6.07) is 0. The molecule has 0 bridgehead atoms. The lowest BCUT2D eigenvalue weighted by atomic mass is 9.75. The summed E-state index contributed by atoms with van der Waals surface area (Å²) in [7, 11) is 0. The molecular weight excluding hydrogens is 340 g/mol. The molecule has 1 aliphatic rings. The molecule has 0 heterocycles. The Bertz CT molecular complexity index is 444. The van der Waals surface area contributed by atoms with Crippen LogP contribution in [0.5, 0.6) is 0 Å². The van der Waals surface area contributed by atoms with Crippen molar-refractivity contribution < 1.29 is 19.8 Å². The smallest absolute Gasteiger partial charge is 0.307 e. The summed E-state index contributed by atoms with van der Waals surface area (Å²) >= 11 is 0. The van der Waals surface area contributed by atoms with Crippen molar-refractivity contribution in [2.75, 3.05) is 6.61 Å². The van der Waals surface area contributed by atoms with E-state index in [9.17, 15) is 14.7 Å². The van der Waals surface area contributed by atoms with Crippen LogP contribution in [0.25, 0.3) is 0 Å². The first-order chi connectivity index (χ1) is 13.1. The maximum Gasteiger partial charge on any atom is 0.307 e. The Morgan fingerprint density at radius 2 is 1.56 bits per heavy atom. The van der Waals surface area contributed by atoms with Gasteiger partial charge in [0.15, 0.2) is 0 Å². The molecule has 0 aromatic heterocycles. The molecule has 4 heteroatoms. The van der Waals surface area contributed by atoms with Crippen molar-refractivity contribution in [1.29, 1.82) is 0 Å². The van der Waals surface area contributed by atoms with Gasteiger partial charge in [-0.2, -0.15) is 0 Å². The Morgan fingerprint density at radius 3 is 2.26 bits per heavy atom. The van der Waals surface area contributed by atoms with Crippen molar-refractivity contribution in [3.63, 3.8) is 0 Å². The van der Waals surface area contributed by atoms with Gasteiger partial charge in [0.05, 0.1) is 5.92 Å². The molecule has 0 spiro atoms. The molecule has 0 fully saturated rings. The van der Waals surface area contributed by atoms with E-state index in [-0.39, 0.29) is 30.6 Å². The van der Waals surface area contributed by atoms with E-state index < -0.39 is 5.97 Å². The number of hydrogen-bond donors (Lipinski definition) is 2.